The van der Waals surface area contributed by atoms with Crippen LogP contribution in [-0.2, 0) is 6.54 Å². The molecule has 2 atom stereocenters. The number of amides is 1. The number of nitrogens with one attached hydrogen (secondary N) is 1. The molecule has 24 heavy (non-hydrogen) atoms. The highest BCUT2D eigenvalue weighted by Gasteiger charge is 2.33. The van der Waals surface area contributed by atoms with Crippen LogP contribution in [0, 0.1) is 5.92 Å². The van der Waals surface area contributed by atoms with Gasteiger partial charge < -0.3 is 10.2 Å². The molecular weight excluding hydrogens is 300 g/mol. The molecule has 0 radical (unpaired) electrons. The zero-order valence-electron chi connectivity index (χ0n) is 13.9. The van der Waals surface area contributed by atoms with E-state index in [4.69, 9.17) is 0 Å². The summed E-state index contributed by atoms with van der Waals surface area (Å²) in [7, 11) is 0. The van der Waals surface area contributed by atoms with E-state index in [2.05, 4.69) is 22.5 Å². The molecule has 0 unspecified atom stereocenters. The maximum Gasteiger partial charge on any atom is 0.257 e. The average Bonchev–Trinajstić information content (AvgIpc) is 3.10. The van der Waals surface area contributed by atoms with Crippen molar-refractivity contribution in [1.29, 1.82) is 0 Å². The standard InChI is InChI=1S/C19H24N4O/c24-19(22-10-8-18-16(13-22)7-4-9-20-18)17-11-21-23(14-17)12-15-5-2-1-3-6-15/h1-3,5-6,11,14,16,18,20H,4,7-10,12-13H2/t16-,18+/m1/s1. The molecular formula is C19H24N4O. The van der Waals surface area contributed by atoms with Crippen molar-refractivity contribution in [3.63, 3.8) is 0 Å². The minimum Gasteiger partial charge on any atom is -0.338 e. The molecule has 4 rings (SSSR count). The normalized spacial score (nSPS) is 23.8. The Balaban J connectivity index is 1.41. The quantitative estimate of drug-likeness (QED) is 0.941. The van der Waals surface area contributed by atoms with Gasteiger partial charge in [-0.1, -0.05) is 30.3 Å². The van der Waals surface area contributed by atoms with E-state index in [0.29, 0.717) is 24.1 Å². The number of carbonyl (C=O) groups excluding carboxylic acids is 1. The summed E-state index contributed by atoms with van der Waals surface area (Å²) < 4.78 is 1.84. The molecule has 2 saturated heterocycles. The van der Waals surface area contributed by atoms with Crippen LogP contribution in [-0.4, -0.2) is 46.3 Å². The van der Waals surface area contributed by atoms with Crippen molar-refractivity contribution in [1.82, 2.24) is 20.0 Å². The van der Waals surface area contributed by atoms with E-state index in [-0.39, 0.29) is 5.91 Å². The summed E-state index contributed by atoms with van der Waals surface area (Å²) in [6.07, 6.45) is 7.10. The van der Waals surface area contributed by atoms with Crippen molar-refractivity contribution in [3.8, 4) is 0 Å². The third kappa shape index (κ3) is 3.22. The molecule has 5 nitrogen and oxygen atoms in total. The largest absolute Gasteiger partial charge is 0.338 e. The number of hydrogen-bond acceptors (Lipinski definition) is 3. The Morgan fingerprint density at radius 2 is 2.12 bits per heavy atom. The predicted molar refractivity (Wildman–Crippen MR) is 92.8 cm³/mol. The maximum atomic E-state index is 12.8. The molecule has 2 aliphatic heterocycles. The Labute approximate surface area is 142 Å². The number of piperidine rings is 2. The van der Waals surface area contributed by atoms with Gasteiger partial charge in [-0.2, -0.15) is 5.10 Å². The monoisotopic (exact) mass is 324 g/mol. The second-order valence-corrected chi connectivity index (χ2v) is 6.91. The lowest BCUT2D eigenvalue weighted by atomic mass is 9.85. The summed E-state index contributed by atoms with van der Waals surface area (Å²) >= 11 is 0. The zero-order valence-corrected chi connectivity index (χ0v) is 13.9. The number of carbonyl (C=O) groups is 1. The lowest BCUT2D eigenvalue weighted by Crippen LogP contribution is -2.53. The fraction of sp³-hybridized carbons (Fsp3) is 0.474. The molecule has 2 fully saturated rings. The minimum atomic E-state index is 0.123. The summed E-state index contributed by atoms with van der Waals surface area (Å²) in [6, 6.07) is 10.8. The Morgan fingerprint density at radius 1 is 1.25 bits per heavy atom. The van der Waals surface area contributed by atoms with Crippen LogP contribution in [0.4, 0.5) is 0 Å². The molecule has 1 aromatic heterocycles. The van der Waals surface area contributed by atoms with Gasteiger partial charge >= 0.3 is 0 Å². The van der Waals surface area contributed by atoms with Crippen LogP contribution in [0.5, 0.6) is 0 Å². The summed E-state index contributed by atoms with van der Waals surface area (Å²) in [6.45, 7) is 3.54. The molecule has 0 aliphatic carbocycles. The second kappa shape index (κ2) is 6.77. The number of rotatable bonds is 3. The molecule has 0 spiro atoms. The topological polar surface area (TPSA) is 50.2 Å². The van der Waals surface area contributed by atoms with Crippen molar-refractivity contribution >= 4 is 5.91 Å². The van der Waals surface area contributed by atoms with E-state index in [9.17, 15) is 4.79 Å². The summed E-state index contributed by atoms with van der Waals surface area (Å²) in [5.41, 5.74) is 1.89. The number of benzene rings is 1. The van der Waals surface area contributed by atoms with Gasteiger partial charge in [0.05, 0.1) is 18.3 Å². The van der Waals surface area contributed by atoms with Crippen LogP contribution >= 0.6 is 0 Å². The van der Waals surface area contributed by atoms with Crippen LogP contribution in [0.3, 0.4) is 0 Å². The van der Waals surface area contributed by atoms with Gasteiger partial charge in [0.1, 0.15) is 0 Å². The van der Waals surface area contributed by atoms with Crippen molar-refractivity contribution in [2.45, 2.75) is 31.8 Å². The van der Waals surface area contributed by atoms with Crippen molar-refractivity contribution in [2.24, 2.45) is 5.92 Å². The fourth-order valence-electron chi connectivity index (χ4n) is 3.94. The van der Waals surface area contributed by atoms with Crippen molar-refractivity contribution in [3.05, 3.63) is 53.9 Å². The van der Waals surface area contributed by atoms with Crippen LogP contribution in [0.25, 0.3) is 0 Å². The summed E-state index contributed by atoms with van der Waals surface area (Å²) in [5, 5.41) is 7.96. The van der Waals surface area contributed by atoms with E-state index in [1.807, 2.05) is 34.0 Å². The predicted octanol–water partition coefficient (Wildman–Crippen LogP) is 2.15. The van der Waals surface area contributed by atoms with Crippen molar-refractivity contribution < 1.29 is 4.79 Å². The average molecular weight is 324 g/mol. The van der Waals surface area contributed by atoms with Gasteiger partial charge in [0.25, 0.3) is 5.91 Å². The second-order valence-electron chi connectivity index (χ2n) is 6.91. The first-order valence-corrected chi connectivity index (χ1v) is 8.88. The molecule has 5 heteroatoms. The molecule has 1 N–H and O–H groups in total. The van der Waals surface area contributed by atoms with Crippen LogP contribution < -0.4 is 5.32 Å². The van der Waals surface area contributed by atoms with Gasteiger partial charge in [0, 0.05) is 25.3 Å². The molecule has 1 aromatic carbocycles. The number of likely N-dealkylation sites (tertiary alicyclic amines) is 1. The van der Waals surface area contributed by atoms with E-state index >= 15 is 0 Å². The fourth-order valence-corrected chi connectivity index (χ4v) is 3.94. The summed E-state index contributed by atoms with van der Waals surface area (Å²) in [4.78, 5) is 14.8. The van der Waals surface area contributed by atoms with Crippen LogP contribution in [0.1, 0.15) is 35.2 Å². The number of fused-ring (bicyclic) bond motifs is 1. The van der Waals surface area contributed by atoms with Gasteiger partial charge in [0.2, 0.25) is 0 Å². The molecule has 3 heterocycles. The maximum absolute atomic E-state index is 12.8. The molecule has 2 aliphatic rings. The van der Waals surface area contributed by atoms with Crippen LogP contribution in [0.2, 0.25) is 0 Å². The first kappa shape index (κ1) is 15.4. The van der Waals surface area contributed by atoms with Gasteiger partial charge in [-0.15, -0.1) is 0 Å². The van der Waals surface area contributed by atoms with E-state index < -0.39 is 0 Å². The Bertz CT molecular complexity index is 696. The first-order chi connectivity index (χ1) is 11.8. The highest BCUT2D eigenvalue weighted by Crippen LogP contribution is 2.25. The molecule has 0 bridgehead atoms. The SMILES string of the molecule is O=C(c1cnn(Cc2ccccc2)c1)N1CC[C@@H]2NCCC[C@@H]2C1. The third-order valence-electron chi connectivity index (χ3n) is 5.25. The third-order valence-corrected chi connectivity index (χ3v) is 5.25. The molecule has 0 saturated carbocycles. The Kier molecular flexibility index (Phi) is 4.34. The Morgan fingerprint density at radius 3 is 3.00 bits per heavy atom. The van der Waals surface area contributed by atoms with Gasteiger partial charge in [-0.3, -0.25) is 9.48 Å². The summed E-state index contributed by atoms with van der Waals surface area (Å²) in [5.74, 6) is 0.731. The number of nitrogens with zero attached hydrogens (tertiary/aromatic N) is 3. The van der Waals surface area contributed by atoms with E-state index in [1.54, 1.807) is 6.20 Å². The molecule has 1 amide bonds. The van der Waals surface area contributed by atoms with E-state index in [0.717, 1.165) is 26.1 Å². The highest BCUT2D eigenvalue weighted by molar-refractivity contribution is 5.93. The zero-order chi connectivity index (χ0) is 16.4. The number of hydrogen-bond donors (Lipinski definition) is 1. The highest BCUT2D eigenvalue weighted by atomic mass is 16.2. The Hall–Kier alpha value is -2.14. The van der Waals surface area contributed by atoms with Gasteiger partial charge in [-0.05, 0) is 37.3 Å². The lowest BCUT2D eigenvalue weighted by Gasteiger charge is -2.41. The first-order valence-electron chi connectivity index (χ1n) is 8.88. The number of aromatic nitrogens is 2. The van der Waals surface area contributed by atoms with Crippen molar-refractivity contribution in [2.75, 3.05) is 19.6 Å². The lowest BCUT2D eigenvalue weighted by molar-refractivity contribution is 0.0592. The van der Waals surface area contributed by atoms with Crippen LogP contribution in [0.15, 0.2) is 42.7 Å². The van der Waals surface area contributed by atoms with E-state index in [1.165, 1.54) is 18.4 Å². The molecule has 126 valence electrons. The smallest absolute Gasteiger partial charge is 0.257 e. The van der Waals surface area contributed by atoms with Gasteiger partial charge in [0.15, 0.2) is 0 Å². The minimum absolute atomic E-state index is 0.123. The molecule has 2 aromatic rings. The van der Waals surface area contributed by atoms with Gasteiger partial charge in [-0.25, -0.2) is 0 Å².